The van der Waals surface area contributed by atoms with Crippen molar-refractivity contribution >= 4 is 0 Å². The summed E-state index contributed by atoms with van der Waals surface area (Å²) in [5, 5.41) is 28.7. The third kappa shape index (κ3) is 4.17. The molecule has 6 nitrogen and oxygen atoms in total. The van der Waals surface area contributed by atoms with Crippen LogP contribution in [0.1, 0.15) is 26.2 Å². The van der Waals surface area contributed by atoms with Gasteiger partial charge in [-0.3, -0.25) is 0 Å². The van der Waals surface area contributed by atoms with E-state index in [1.165, 1.54) is 0 Å². The zero-order chi connectivity index (χ0) is 12.8. The van der Waals surface area contributed by atoms with Crippen LogP contribution in [0.5, 0.6) is 0 Å². The third-order valence-corrected chi connectivity index (χ3v) is 2.94. The first-order valence-electron chi connectivity index (χ1n) is 6.09. The normalized spacial score (nSPS) is 38.3. The first kappa shape index (κ1) is 14.8. The molecule has 1 aliphatic rings. The molecule has 0 aromatic heterocycles. The summed E-state index contributed by atoms with van der Waals surface area (Å²) in [6.07, 6.45) is -2.22. The second kappa shape index (κ2) is 7.25. The molecule has 17 heavy (non-hydrogen) atoms. The fourth-order valence-electron chi connectivity index (χ4n) is 1.77. The highest BCUT2D eigenvalue weighted by Crippen LogP contribution is 2.21. The molecule has 5 N–H and O–H groups in total. The molecule has 102 valence electrons. The molecule has 0 aromatic rings. The Labute approximate surface area is 101 Å². The number of aliphatic hydroxyl groups is 3. The van der Waals surface area contributed by atoms with Gasteiger partial charge in [-0.2, -0.15) is 0 Å². The molecule has 1 aliphatic heterocycles. The van der Waals surface area contributed by atoms with Gasteiger partial charge in [0.15, 0.2) is 6.29 Å². The maximum absolute atomic E-state index is 9.65. The Morgan fingerprint density at radius 1 is 1.06 bits per heavy atom. The lowest BCUT2D eigenvalue weighted by molar-refractivity contribution is -0.293. The molecule has 1 fully saturated rings. The van der Waals surface area contributed by atoms with E-state index in [1.54, 1.807) is 6.92 Å². The Hall–Kier alpha value is -0.240. The molecule has 2 unspecified atom stereocenters. The van der Waals surface area contributed by atoms with E-state index >= 15 is 0 Å². The number of hydrogen-bond acceptors (Lipinski definition) is 6. The maximum Gasteiger partial charge on any atom is 0.186 e. The molecule has 1 rings (SSSR count). The Kier molecular flexibility index (Phi) is 6.32. The van der Waals surface area contributed by atoms with E-state index in [2.05, 4.69) is 0 Å². The van der Waals surface area contributed by atoms with Crippen molar-refractivity contribution in [3.05, 3.63) is 0 Å². The van der Waals surface area contributed by atoms with Crippen LogP contribution >= 0.6 is 0 Å². The highest BCUT2D eigenvalue weighted by atomic mass is 16.7. The van der Waals surface area contributed by atoms with Gasteiger partial charge in [-0.1, -0.05) is 0 Å². The summed E-state index contributed by atoms with van der Waals surface area (Å²) < 4.78 is 10.6. The molecule has 0 amide bonds. The van der Waals surface area contributed by atoms with Crippen LogP contribution in [0.15, 0.2) is 0 Å². The van der Waals surface area contributed by atoms with Crippen LogP contribution in [0.4, 0.5) is 0 Å². The first-order valence-corrected chi connectivity index (χ1v) is 6.09. The molecular weight excluding hydrogens is 226 g/mol. The van der Waals surface area contributed by atoms with Crippen LogP contribution in [-0.2, 0) is 9.47 Å². The van der Waals surface area contributed by atoms with Crippen molar-refractivity contribution in [3.63, 3.8) is 0 Å². The second-order valence-electron chi connectivity index (χ2n) is 4.40. The van der Waals surface area contributed by atoms with Crippen LogP contribution in [0, 0.1) is 0 Å². The Morgan fingerprint density at radius 3 is 2.41 bits per heavy atom. The number of rotatable bonds is 6. The van der Waals surface area contributed by atoms with Crippen LogP contribution in [-0.4, -0.2) is 59.2 Å². The molecule has 6 heteroatoms. The van der Waals surface area contributed by atoms with E-state index in [9.17, 15) is 15.3 Å². The van der Waals surface area contributed by atoms with Crippen LogP contribution in [0.25, 0.3) is 0 Å². The Bertz CT molecular complexity index is 216. The lowest BCUT2D eigenvalue weighted by Crippen LogP contribution is -2.57. The summed E-state index contributed by atoms with van der Waals surface area (Å²) in [6, 6.07) is 0. The Balaban J connectivity index is 2.28. The van der Waals surface area contributed by atoms with Gasteiger partial charge in [-0.15, -0.1) is 0 Å². The van der Waals surface area contributed by atoms with Gasteiger partial charge in [-0.05, 0) is 32.7 Å². The molecule has 0 bridgehead atoms. The van der Waals surface area contributed by atoms with Crippen molar-refractivity contribution in [1.82, 2.24) is 0 Å². The predicted octanol–water partition coefficient (Wildman–Crippen LogP) is -1.04. The summed E-state index contributed by atoms with van der Waals surface area (Å²) in [5.41, 5.74) is 5.36. The number of hydrogen-bond donors (Lipinski definition) is 4. The average molecular weight is 249 g/mol. The standard InChI is InChI=1S/C11H23NO5/c1-7-8(13)9(14)10(15)11(17-7)16-6-4-2-3-5-12/h7-11,13-15H,2-6,12H2,1H3/t7?,8-,9?,10-,11+/m0/s1. The van der Waals surface area contributed by atoms with Gasteiger partial charge in [0.05, 0.1) is 6.10 Å². The van der Waals surface area contributed by atoms with Crippen molar-refractivity contribution in [1.29, 1.82) is 0 Å². The average Bonchev–Trinajstić information content (AvgIpc) is 2.32. The maximum atomic E-state index is 9.65. The predicted molar refractivity (Wildman–Crippen MR) is 61.2 cm³/mol. The minimum Gasteiger partial charge on any atom is -0.388 e. The van der Waals surface area contributed by atoms with Gasteiger partial charge in [-0.25, -0.2) is 0 Å². The summed E-state index contributed by atoms with van der Waals surface area (Å²) in [4.78, 5) is 0. The van der Waals surface area contributed by atoms with Crippen molar-refractivity contribution < 1.29 is 24.8 Å². The lowest BCUT2D eigenvalue weighted by Gasteiger charge is -2.38. The van der Waals surface area contributed by atoms with E-state index < -0.39 is 30.7 Å². The van der Waals surface area contributed by atoms with Crippen molar-refractivity contribution in [3.8, 4) is 0 Å². The number of unbranched alkanes of at least 4 members (excludes halogenated alkanes) is 2. The second-order valence-corrected chi connectivity index (χ2v) is 4.40. The summed E-state index contributed by atoms with van der Waals surface area (Å²) in [5.74, 6) is 0. The smallest absolute Gasteiger partial charge is 0.186 e. The zero-order valence-corrected chi connectivity index (χ0v) is 10.2. The first-order chi connectivity index (χ1) is 8.07. The van der Waals surface area contributed by atoms with Gasteiger partial charge >= 0.3 is 0 Å². The number of ether oxygens (including phenoxy) is 2. The highest BCUT2D eigenvalue weighted by Gasteiger charge is 2.42. The molecule has 0 aliphatic carbocycles. The monoisotopic (exact) mass is 249 g/mol. The van der Waals surface area contributed by atoms with Gasteiger partial charge < -0.3 is 30.5 Å². The molecule has 0 spiro atoms. The molecular formula is C11H23NO5. The summed E-state index contributed by atoms with van der Waals surface area (Å²) in [6.45, 7) is 2.73. The quantitative estimate of drug-likeness (QED) is 0.448. The molecule has 0 aromatic carbocycles. The zero-order valence-electron chi connectivity index (χ0n) is 10.2. The number of aliphatic hydroxyl groups excluding tert-OH is 3. The molecule has 0 saturated carbocycles. The van der Waals surface area contributed by atoms with Gasteiger partial charge in [0.2, 0.25) is 0 Å². The van der Waals surface area contributed by atoms with Crippen LogP contribution < -0.4 is 5.73 Å². The van der Waals surface area contributed by atoms with E-state index in [4.69, 9.17) is 15.2 Å². The van der Waals surface area contributed by atoms with Gasteiger partial charge in [0, 0.05) is 6.61 Å². The van der Waals surface area contributed by atoms with Gasteiger partial charge in [0.1, 0.15) is 18.3 Å². The largest absolute Gasteiger partial charge is 0.388 e. The van der Waals surface area contributed by atoms with Crippen molar-refractivity contribution in [2.24, 2.45) is 5.73 Å². The molecule has 0 radical (unpaired) electrons. The fourth-order valence-corrected chi connectivity index (χ4v) is 1.77. The van der Waals surface area contributed by atoms with E-state index in [-0.39, 0.29) is 0 Å². The molecule has 1 heterocycles. The third-order valence-electron chi connectivity index (χ3n) is 2.94. The number of nitrogens with two attached hydrogens (primary N) is 1. The molecule has 1 saturated heterocycles. The van der Waals surface area contributed by atoms with Gasteiger partial charge in [0.25, 0.3) is 0 Å². The fraction of sp³-hybridized carbons (Fsp3) is 1.00. The minimum atomic E-state index is -1.23. The molecule has 5 atom stereocenters. The van der Waals surface area contributed by atoms with Crippen LogP contribution in [0.2, 0.25) is 0 Å². The van der Waals surface area contributed by atoms with E-state index in [1.807, 2.05) is 0 Å². The van der Waals surface area contributed by atoms with E-state index in [0.717, 1.165) is 19.3 Å². The Morgan fingerprint density at radius 2 is 1.76 bits per heavy atom. The highest BCUT2D eigenvalue weighted by molar-refractivity contribution is 4.87. The van der Waals surface area contributed by atoms with Crippen LogP contribution in [0.3, 0.4) is 0 Å². The lowest BCUT2D eigenvalue weighted by atomic mass is 10.0. The minimum absolute atomic E-state index is 0.442. The summed E-state index contributed by atoms with van der Waals surface area (Å²) >= 11 is 0. The van der Waals surface area contributed by atoms with Crippen molar-refractivity contribution in [2.45, 2.75) is 56.9 Å². The van der Waals surface area contributed by atoms with Crippen molar-refractivity contribution in [2.75, 3.05) is 13.2 Å². The SMILES string of the molecule is CC1O[C@@H](OCCCCCN)[C@@H](O)C(O)[C@H]1O. The topological polar surface area (TPSA) is 105 Å². The summed E-state index contributed by atoms with van der Waals surface area (Å²) in [7, 11) is 0. The van der Waals surface area contributed by atoms with E-state index in [0.29, 0.717) is 13.2 Å².